The third kappa shape index (κ3) is 3.53. The van der Waals surface area contributed by atoms with Crippen molar-refractivity contribution >= 4 is 17.5 Å². The van der Waals surface area contributed by atoms with Crippen LogP contribution in [-0.4, -0.2) is 55.4 Å². The lowest BCUT2D eigenvalue weighted by Crippen LogP contribution is -2.38. The lowest BCUT2D eigenvalue weighted by atomic mass is 9.93. The average Bonchev–Trinajstić information content (AvgIpc) is 3.15. The molecule has 0 radical (unpaired) electrons. The number of hydrogen-bond donors (Lipinski definition) is 1. The number of carbonyl (C=O) groups is 1. The molecule has 2 fully saturated rings. The molecule has 3 heterocycles. The van der Waals surface area contributed by atoms with E-state index in [-0.39, 0.29) is 5.91 Å². The molecule has 0 bridgehead atoms. The van der Waals surface area contributed by atoms with Gasteiger partial charge in [-0.2, -0.15) is 0 Å². The van der Waals surface area contributed by atoms with Gasteiger partial charge in [0.2, 0.25) is 5.88 Å². The van der Waals surface area contributed by atoms with Crippen LogP contribution in [0.5, 0.6) is 0 Å². The Morgan fingerprint density at radius 2 is 1.77 bits per heavy atom. The standard InChI is InChI=1S/C19H24N4O3/c20-18-13-17(21-26-18)14-5-7-23(8-6-14)19(24)15-1-3-16(4-2-15)22-9-11-25-12-10-22/h1-4,13-14H,5-12,20H2. The van der Waals surface area contributed by atoms with Gasteiger partial charge in [-0.25, -0.2) is 0 Å². The van der Waals surface area contributed by atoms with E-state index in [2.05, 4.69) is 10.1 Å². The second kappa shape index (κ2) is 7.37. The molecule has 0 spiro atoms. The van der Waals surface area contributed by atoms with Crippen LogP contribution in [0.4, 0.5) is 11.6 Å². The summed E-state index contributed by atoms with van der Waals surface area (Å²) in [6.07, 6.45) is 1.76. The van der Waals surface area contributed by atoms with Crippen molar-refractivity contribution in [3.8, 4) is 0 Å². The number of aromatic nitrogens is 1. The van der Waals surface area contributed by atoms with Gasteiger partial charge in [0.05, 0.1) is 18.9 Å². The molecule has 2 aromatic rings. The first-order valence-electron chi connectivity index (χ1n) is 9.15. The van der Waals surface area contributed by atoms with Crippen molar-refractivity contribution in [3.05, 3.63) is 41.6 Å². The maximum Gasteiger partial charge on any atom is 0.253 e. The maximum atomic E-state index is 12.8. The molecule has 0 saturated carbocycles. The van der Waals surface area contributed by atoms with Crippen LogP contribution in [0.15, 0.2) is 34.9 Å². The number of rotatable bonds is 3. The number of piperidine rings is 1. The van der Waals surface area contributed by atoms with Crippen LogP contribution < -0.4 is 10.6 Å². The predicted molar refractivity (Wildman–Crippen MR) is 98.3 cm³/mol. The highest BCUT2D eigenvalue weighted by Gasteiger charge is 2.26. The highest BCUT2D eigenvalue weighted by atomic mass is 16.5. The number of benzene rings is 1. The van der Waals surface area contributed by atoms with Crippen LogP contribution in [-0.2, 0) is 4.74 Å². The van der Waals surface area contributed by atoms with Crippen molar-refractivity contribution in [1.82, 2.24) is 10.1 Å². The van der Waals surface area contributed by atoms with Crippen molar-refractivity contribution in [3.63, 3.8) is 0 Å². The number of nitrogens with zero attached hydrogens (tertiary/aromatic N) is 3. The van der Waals surface area contributed by atoms with Crippen LogP contribution in [0.2, 0.25) is 0 Å². The summed E-state index contributed by atoms with van der Waals surface area (Å²) in [6.45, 7) is 4.75. The molecule has 7 nitrogen and oxygen atoms in total. The summed E-state index contributed by atoms with van der Waals surface area (Å²) in [6, 6.07) is 9.70. The second-order valence-corrected chi connectivity index (χ2v) is 6.87. The first kappa shape index (κ1) is 16.9. The van der Waals surface area contributed by atoms with Crippen LogP contribution in [0.3, 0.4) is 0 Å². The van der Waals surface area contributed by atoms with E-state index in [1.807, 2.05) is 29.2 Å². The summed E-state index contributed by atoms with van der Waals surface area (Å²) >= 11 is 0. The summed E-state index contributed by atoms with van der Waals surface area (Å²) < 4.78 is 10.3. The Morgan fingerprint density at radius 3 is 2.38 bits per heavy atom. The van der Waals surface area contributed by atoms with Crippen LogP contribution >= 0.6 is 0 Å². The minimum atomic E-state index is 0.0941. The second-order valence-electron chi connectivity index (χ2n) is 6.87. The Kier molecular flexibility index (Phi) is 4.79. The molecule has 0 unspecified atom stereocenters. The molecule has 138 valence electrons. The molecule has 1 amide bonds. The molecule has 2 N–H and O–H groups in total. The van der Waals surface area contributed by atoms with Crippen LogP contribution in [0, 0.1) is 0 Å². The maximum absolute atomic E-state index is 12.8. The number of amides is 1. The molecular formula is C19H24N4O3. The number of nitrogens with two attached hydrogens (primary N) is 1. The van der Waals surface area contributed by atoms with Crippen molar-refractivity contribution in [2.24, 2.45) is 0 Å². The van der Waals surface area contributed by atoms with E-state index in [0.29, 0.717) is 11.8 Å². The van der Waals surface area contributed by atoms with Gasteiger partial charge in [0.1, 0.15) is 0 Å². The largest absolute Gasteiger partial charge is 0.378 e. The Bertz CT molecular complexity index is 744. The van der Waals surface area contributed by atoms with Gasteiger partial charge in [0, 0.05) is 49.4 Å². The number of likely N-dealkylation sites (tertiary alicyclic amines) is 1. The Morgan fingerprint density at radius 1 is 1.08 bits per heavy atom. The molecule has 2 aliphatic heterocycles. The van der Waals surface area contributed by atoms with E-state index >= 15 is 0 Å². The fourth-order valence-corrected chi connectivity index (χ4v) is 3.69. The molecule has 0 aliphatic carbocycles. The molecule has 0 atom stereocenters. The Balaban J connectivity index is 1.36. The number of ether oxygens (including phenoxy) is 1. The van der Waals surface area contributed by atoms with Crippen molar-refractivity contribution in [2.75, 3.05) is 50.0 Å². The van der Waals surface area contributed by atoms with Gasteiger partial charge in [0.15, 0.2) is 0 Å². The molecular weight excluding hydrogens is 332 g/mol. The van der Waals surface area contributed by atoms with E-state index in [0.717, 1.165) is 69.2 Å². The smallest absolute Gasteiger partial charge is 0.253 e. The van der Waals surface area contributed by atoms with E-state index in [1.54, 1.807) is 6.07 Å². The quantitative estimate of drug-likeness (QED) is 0.907. The van der Waals surface area contributed by atoms with Gasteiger partial charge in [0.25, 0.3) is 5.91 Å². The summed E-state index contributed by atoms with van der Waals surface area (Å²) in [5.74, 6) is 0.749. The average molecular weight is 356 g/mol. The van der Waals surface area contributed by atoms with Gasteiger partial charge in [-0.1, -0.05) is 5.16 Å². The third-order valence-corrected chi connectivity index (χ3v) is 5.24. The van der Waals surface area contributed by atoms with E-state index in [1.165, 1.54) is 0 Å². The SMILES string of the molecule is Nc1cc(C2CCN(C(=O)c3ccc(N4CCOCC4)cc3)CC2)no1. The van der Waals surface area contributed by atoms with Gasteiger partial charge in [-0.05, 0) is 37.1 Å². The van der Waals surface area contributed by atoms with Gasteiger partial charge >= 0.3 is 0 Å². The lowest BCUT2D eigenvalue weighted by molar-refractivity contribution is 0.0711. The zero-order chi connectivity index (χ0) is 17.9. The monoisotopic (exact) mass is 356 g/mol. The molecule has 4 rings (SSSR count). The highest BCUT2D eigenvalue weighted by molar-refractivity contribution is 5.94. The summed E-state index contributed by atoms with van der Waals surface area (Å²) in [4.78, 5) is 17.0. The van der Waals surface area contributed by atoms with Crippen LogP contribution in [0.1, 0.15) is 34.8 Å². The fraction of sp³-hybridized carbons (Fsp3) is 0.474. The van der Waals surface area contributed by atoms with Gasteiger partial charge in [-0.15, -0.1) is 0 Å². The molecule has 26 heavy (non-hydrogen) atoms. The Hall–Kier alpha value is -2.54. The first-order valence-corrected chi connectivity index (χ1v) is 9.15. The van der Waals surface area contributed by atoms with Crippen LogP contribution in [0.25, 0.3) is 0 Å². The van der Waals surface area contributed by atoms with Crippen molar-refractivity contribution < 1.29 is 14.1 Å². The number of morpholine rings is 1. The zero-order valence-corrected chi connectivity index (χ0v) is 14.8. The molecule has 1 aromatic heterocycles. The summed E-state index contributed by atoms with van der Waals surface area (Å²) in [7, 11) is 0. The summed E-state index contributed by atoms with van der Waals surface area (Å²) in [5.41, 5.74) is 8.38. The number of hydrogen-bond acceptors (Lipinski definition) is 6. The number of carbonyl (C=O) groups excluding carboxylic acids is 1. The topological polar surface area (TPSA) is 84.8 Å². The van der Waals surface area contributed by atoms with E-state index in [4.69, 9.17) is 15.0 Å². The number of nitrogen functional groups attached to an aromatic ring is 1. The Labute approximate surface area is 152 Å². The molecule has 1 aromatic carbocycles. The fourth-order valence-electron chi connectivity index (χ4n) is 3.69. The van der Waals surface area contributed by atoms with E-state index < -0.39 is 0 Å². The minimum Gasteiger partial charge on any atom is -0.378 e. The minimum absolute atomic E-state index is 0.0941. The highest BCUT2D eigenvalue weighted by Crippen LogP contribution is 2.29. The van der Waals surface area contributed by atoms with E-state index in [9.17, 15) is 4.79 Å². The van der Waals surface area contributed by atoms with Gasteiger partial charge < -0.3 is 24.8 Å². The van der Waals surface area contributed by atoms with Crippen molar-refractivity contribution in [1.29, 1.82) is 0 Å². The predicted octanol–water partition coefficient (Wildman–Crippen LogP) is 2.11. The third-order valence-electron chi connectivity index (χ3n) is 5.24. The van der Waals surface area contributed by atoms with Gasteiger partial charge in [-0.3, -0.25) is 4.79 Å². The zero-order valence-electron chi connectivity index (χ0n) is 14.8. The molecule has 7 heteroatoms. The van der Waals surface area contributed by atoms with Crippen molar-refractivity contribution in [2.45, 2.75) is 18.8 Å². The lowest BCUT2D eigenvalue weighted by Gasteiger charge is -2.31. The first-order chi connectivity index (χ1) is 12.7. The normalized spacial score (nSPS) is 18.9. The number of anilines is 2. The molecule has 2 saturated heterocycles. The summed E-state index contributed by atoms with van der Waals surface area (Å²) in [5, 5.41) is 4.00. The molecule has 2 aliphatic rings.